The summed E-state index contributed by atoms with van der Waals surface area (Å²) >= 11 is 6.81. The molecular weight excluding hydrogens is 338 g/mol. The van der Waals surface area contributed by atoms with E-state index >= 15 is 0 Å². The zero-order chi connectivity index (χ0) is 11.5. The van der Waals surface area contributed by atoms with Gasteiger partial charge in [0, 0.05) is 15.9 Å². The molecule has 0 atom stereocenters. The van der Waals surface area contributed by atoms with Crippen LogP contribution in [-0.4, -0.2) is 22.1 Å². The molecule has 0 N–H and O–H groups in total. The number of ether oxygens (including phenoxy) is 1. The molecular formula is C10H9Br2N3O. The van der Waals surface area contributed by atoms with Crippen molar-refractivity contribution < 1.29 is 4.74 Å². The van der Waals surface area contributed by atoms with Gasteiger partial charge in [-0.1, -0.05) is 21.1 Å². The number of aromatic nitrogens is 3. The molecule has 0 amide bonds. The lowest BCUT2D eigenvalue weighted by Crippen LogP contribution is -1.97. The number of alkyl halides is 1. The molecule has 0 saturated heterocycles. The van der Waals surface area contributed by atoms with Crippen LogP contribution in [0.25, 0.3) is 5.69 Å². The maximum Gasteiger partial charge on any atom is 0.121 e. The maximum atomic E-state index is 5.17. The lowest BCUT2D eigenvalue weighted by Gasteiger charge is -2.06. The van der Waals surface area contributed by atoms with Crippen LogP contribution in [0, 0.1) is 0 Å². The number of methoxy groups -OCH3 is 1. The highest BCUT2D eigenvalue weighted by Gasteiger charge is 2.07. The zero-order valence-electron chi connectivity index (χ0n) is 8.52. The third-order valence-electron chi connectivity index (χ3n) is 2.08. The predicted molar refractivity (Wildman–Crippen MR) is 68.2 cm³/mol. The average molecular weight is 347 g/mol. The van der Waals surface area contributed by atoms with Crippen LogP contribution in [0.4, 0.5) is 0 Å². The van der Waals surface area contributed by atoms with Crippen LogP contribution in [0.15, 0.2) is 28.9 Å². The molecule has 2 rings (SSSR count). The minimum atomic E-state index is 0.689. The van der Waals surface area contributed by atoms with Crippen LogP contribution < -0.4 is 4.74 Å². The molecule has 0 unspecified atom stereocenters. The fraction of sp³-hybridized carbons (Fsp3) is 0.200. The minimum absolute atomic E-state index is 0.689. The van der Waals surface area contributed by atoms with E-state index in [1.807, 2.05) is 24.4 Å². The number of nitrogens with zero attached hydrogens (tertiary/aromatic N) is 3. The Hall–Kier alpha value is -0.880. The Kier molecular flexibility index (Phi) is 3.60. The summed E-state index contributed by atoms with van der Waals surface area (Å²) in [7, 11) is 1.64. The highest BCUT2D eigenvalue weighted by atomic mass is 79.9. The summed E-state index contributed by atoms with van der Waals surface area (Å²) in [6.45, 7) is 0. The van der Waals surface area contributed by atoms with Crippen LogP contribution in [-0.2, 0) is 5.33 Å². The highest BCUT2D eigenvalue weighted by Crippen LogP contribution is 2.25. The third-order valence-corrected chi connectivity index (χ3v) is 3.32. The molecule has 0 fully saturated rings. The van der Waals surface area contributed by atoms with Crippen molar-refractivity contribution in [2.24, 2.45) is 0 Å². The van der Waals surface area contributed by atoms with Crippen molar-refractivity contribution >= 4 is 31.9 Å². The molecule has 0 aliphatic rings. The summed E-state index contributed by atoms with van der Waals surface area (Å²) < 4.78 is 7.83. The molecule has 4 nitrogen and oxygen atoms in total. The first-order valence-corrected chi connectivity index (χ1v) is 6.47. The number of halogens is 2. The summed E-state index contributed by atoms with van der Waals surface area (Å²) in [6.07, 6.45) is 1.87. The molecule has 0 bridgehead atoms. The second-order valence-corrected chi connectivity index (χ2v) is 4.52. The normalized spacial score (nSPS) is 10.4. The van der Waals surface area contributed by atoms with Gasteiger partial charge >= 0.3 is 0 Å². The van der Waals surface area contributed by atoms with Gasteiger partial charge in [0.25, 0.3) is 0 Å². The molecule has 16 heavy (non-hydrogen) atoms. The first-order valence-electron chi connectivity index (χ1n) is 4.55. The van der Waals surface area contributed by atoms with Crippen LogP contribution in [0.2, 0.25) is 0 Å². The topological polar surface area (TPSA) is 39.9 Å². The van der Waals surface area contributed by atoms with Gasteiger partial charge in [-0.3, -0.25) is 0 Å². The van der Waals surface area contributed by atoms with Crippen molar-refractivity contribution in [3.8, 4) is 11.4 Å². The van der Waals surface area contributed by atoms with E-state index in [4.69, 9.17) is 4.74 Å². The second-order valence-electron chi connectivity index (χ2n) is 3.11. The Morgan fingerprint density at radius 1 is 1.44 bits per heavy atom. The van der Waals surface area contributed by atoms with Gasteiger partial charge in [0.1, 0.15) is 5.75 Å². The Morgan fingerprint density at radius 3 is 2.88 bits per heavy atom. The van der Waals surface area contributed by atoms with Crippen molar-refractivity contribution in [3.05, 3.63) is 34.6 Å². The number of benzene rings is 1. The first kappa shape index (κ1) is 11.6. The molecule has 0 saturated carbocycles. The maximum absolute atomic E-state index is 5.17. The van der Waals surface area contributed by atoms with Gasteiger partial charge in [0.15, 0.2) is 0 Å². The first-order chi connectivity index (χ1) is 7.74. The smallest absolute Gasteiger partial charge is 0.121 e. The summed E-state index contributed by atoms with van der Waals surface area (Å²) in [5.74, 6) is 0.786. The molecule has 0 spiro atoms. The van der Waals surface area contributed by atoms with Gasteiger partial charge in [-0.05, 0) is 28.1 Å². The van der Waals surface area contributed by atoms with Crippen molar-refractivity contribution in [3.63, 3.8) is 0 Å². The number of rotatable bonds is 3. The van der Waals surface area contributed by atoms with Crippen molar-refractivity contribution in [1.29, 1.82) is 0 Å². The SMILES string of the molecule is COc1ccc(Br)c(-n2cc(CBr)nn2)c1. The van der Waals surface area contributed by atoms with E-state index in [9.17, 15) is 0 Å². The van der Waals surface area contributed by atoms with Gasteiger partial charge in [-0.25, -0.2) is 4.68 Å². The second kappa shape index (κ2) is 4.97. The zero-order valence-corrected chi connectivity index (χ0v) is 11.7. The van der Waals surface area contributed by atoms with E-state index in [0.717, 1.165) is 21.6 Å². The Balaban J connectivity index is 2.45. The molecule has 84 valence electrons. The van der Waals surface area contributed by atoms with Crippen LogP contribution in [0.5, 0.6) is 5.75 Å². The largest absolute Gasteiger partial charge is 0.497 e. The number of hydrogen-bond donors (Lipinski definition) is 0. The molecule has 1 aromatic carbocycles. The highest BCUT2D eigenvalue weighted by molar-refractivity contribution is 9.10. The van der Waals surface area contributed by atoms with E-state index in [1.165, 1.54) is 0 Å². The monoisotopic (exact) mass is 345 g/mol. The number of hydrogen-bond acceptors (Lipinski definition) is 3. The fourth-order valence-corrected chi connectivity index (χ4v) is 1.96. The predicted octanol–water partition coefficient (Wildman–Crippen LogP) is 2.93. The summed E-state index contributed by atoms with van der Waals surface area (Å²) in [5.41, 5.74) is 1.79. The summed E-state index contributed by atoms with van der Waals surface area (Å²) in [4.78, 5) is 0. The molecule has 1 aromatic heterocycles. The molecule has 2 aromatic rings. The quantitative estimate of drug-likeness (QED) is 0.802. The molecule has 6 heteroatoms. The Morgan fingerprint density at radius 2 is 2.25 bits per heavy atom. The van der Waals surface area contributed by atoms with Crippen LogP contribution in [0.1, 0.15) is 5.69 Å². The van der Waals surface area contributed by atoms with E-state index in [1.54, 1.807) is 11.8 Å². The van der Waals surface area contributed by atoms with Crippen molar-refractivity contribution in [2.45, 2.75) is 5.33 Å². The standard InChI is InChI=1S/C10H9Br2N3O/c1-16-8-2-3-9(12)10(4-8)15-6-7(5-11)13-14-15/h2-4,6H,5H2,1H3. The molecule has 0 aliphatic carbocycles. The van der Waals surface area contributed by atoms with E-state index in [2.05, 4.69) is 42.2 Å². The van der Waals surface area contributed by atoms with Crippen molar-refractivity contribution in [1.82, 2.24) is 15.0 Å². The third kappa shape index (κ3) is 2.27. The molecule has 1 heterocycles. The van der Waals surface area contributed by atoms with Gasteiger partial charge in [0.2, 0.25) is 0 Å². The van der Waals surface area contributed by atoms with Gasteiger partial charge in [0.05, 0.1) is 24.7 Å². The summed E-state index contributed by atoms with van der Waals surface area (Å²) in [5, 5.41) is 8.75. The summed E-state index contributed by atoms with van der Waals surface area (Å²) in [6, 6.07) is 5.70. The molecule has 0 aliphatic heterocycles. The Bertz CT molecular complexity index is 499. The fourth-order valence-electron chi connectivity index (χ4n) is 1.27. The van der Waals surface area contributed by atoms with Gasteiger partial charge in [-0.2, -0.15) is 0 Å². The molecule has 0 radical (unpaired) electrons. The van der Waals surface area contributed by atoms with E-state index < -0.39 is 0 Å². The lowest BCUT2D eigenvalue weighted by molar-refractivity contribution is 0.414. The van der Waals surface area contributed by atoms with Crippen molar-refractivity contribution in [2.75, 3.05) is 7.11 Å². The Labute approximate surface area is 110 Å². The van der Waals surface area contributed by atoms with Crippen LogP contribution in [0.3, 0.4) is 0 Å². The van der Waals surface area contributed by atoms with E-state index in [-0.39, 0.29) is 0 Å². The van der Waals surface area contributed by atoms with Gasteiger partial charge < -0.3 is 4.74 Å². The average Bonchev–Trinajstić information content (AvgIpc) is 2.78. The van der Waals surface area contributed by atoms with Crippen LogP contribution >= 0.6 is 31.9 Å². The van der Waals surface area contributed by atoms with E-state index in [0.29, 0.717) is 5.33 Å². The van der Waals surface area contributed by atoms with Gasteiger partial charge in [-0.15, -0.1) is 5.10 Å². The minimum Gasteiger partial charge on any atom is -0.497 e. The lowest BCUT2D eigenvalue weighted by atomic mass is 10.3.